The van der Waals surface area contributed by atoms with Gasteiger partial charge in [0.2, 0.25) is 5.91 Å². The Labute approximate surface area is 129 Å². The third-order valence-corrected chi connectivity index (χ3v) is 4.23. The zero-order valence-electron chi connectivity index (χ0n) is 11.5. The molecule has 1 aromatic carbocycles. The standard InChI is InChI=1S/C12H11FN2O7S/c13-23(21,22)6-7-4-10(16)14(5-7)8-2-1-3-9(15(19)20)11(8)12(17)18/h1-3,7H,4-6H2,(H,17,18). The topological polar surface area (TPSA) is 135 Å². The van der Waals surface area contributed by atoms with E-state index < -0.39 is 49.9 Å². The summed E-state index contributed by atoms with van der Waals surface area (Å²) in [6, 6.07) is 3.41. The fourth-order valence-corrected chi connectivity index (χ4v) is 3.32. The van der Waals surface area contributed by atoms with Crippen molar-refractivity contribution in [2.75, 3.05) is 17.2 Å². The van der Waals surface area contributed by atoms with Crippen LogP contribution in [0.5, 0.6) is 0 Å². The van der Waals surface area contributed by atoms with E-state index in [1.165, 1.54) is 12.1 Å². The molecule has 0 bridgehead atoms. The maximum Gasteiger partial charge on any atom is 0.344 e. The molecule has 1 aromatic rings. The molecule has 1 fully saturated rings. The molecule has 9 nitrogen and oxygen atoms in total. The highest BCUT2D eigenvalue weighted by molar-refractivity contribution is 7.86. The summed E-state index contributed by atoms with van der Waals surface area (Å²) in [7, 11) is -4.79. The van der Waals surface area contributed by atoms with E-state index in [2.05, 4.69) is 0 Å². The molecule has 0 radical (unpaired) electrons. The van der Waals surface area contributed by atoms with E-state index in [4.69, 9.17) is 0 Å². The minimum atomic E-state index is -4.79. The number of aromatic carboxylic acids is 1. The molecule has 1 amide bonds. The molecule has 1 aliphatic heterocycles. The van der Waals surface area contributed by atoms with Gasteiger partial charge in [-0.05, 0) is 6.07 Å². The van der Waals surface area contributed by atoms with Crippen molar-refractivity contribution in [3.05, 3.63) is 33.9 Å². The average molecular weight is 346 g/mol. The summed E-state index contributed by atoms with van der Waals surface area (Å²) in [6.45, 7) is -0.233. The third kappa shape index (κ3) is 3.62. The van der Waals surface area contributed by atoms with E-state index in [1.54, 1.807) is 0 Å². The molecule has 1 atom stereocenters. The number of anilines is 1. The van der Waals surface area contributed by atoms with E-state index >= 15 is 0 Å². The first-order valence-electron chi connectivity index (χ1n) is 6.33. The van der Waals surface area contributed by atoms with Crippen LogP contribution < -0.4 is 4.90 Å². The second-order valence-corrected chi connectivity index (χ2v) is 6.42. The molecular formula is C12H11FN2O7S. The van der Waals surface area contributed by atoms with Crippen LogP contribution in [0.2, 0.25) is 0 Å². The molecule has 0 aromatic heterocycles. The number of amides is 1. The molecule has 0 saturated carbocycles. The van der Waals surface area contributed by atoms with Crippen molar-refractivity contribution in [3.63, 3.8) is 0 Å². The zero-order valence-corrected chi connectivity index (χ0v) is 12.3. The highest BCUT2D eigenvalue weighted by Crippen LogP contribution is 2.33. The van der Waals surface area contributed by atoms with Crippen LogP contribution >= 0.6 is 0 Å². The number of nitro groups is 1. The van der Waals surface area contributed by atoms with Crippen molar-refractivity contribution in [2.24, 2.45) is 5.92 Å². The minimum absolute atomic E-state index is 0.213. The van der Waals surface area contributed by atoms with Crippen LogP contribution in [-0.2, 0) is 15.0 Å². The number of benzene rings is 1. The van der Waals surface area contributed by atoms with Gasteiger partial charge in [-0.25, -0.2) is 4.79 Å². The van der Waals surface area contributed by atoms with E-state index in [-0.39, 0.29) is 18.7 Å². The molecule has 124 valence electrons. The summed E-state index contributed by atoms with van der Waals surface area (Å²) in [4.78, 5) is 34.3. The Morgan fingerprint density at radius 1 is 1.48 bits per heavy atom. The van der Waals surface area contributed by atoms with Gasteiger partial charge in [-0.2, -0.15) is 8.42 Å². The van der Waals surface area contributed by atoms with Crippen LogP contribution in [-0.4, -0.2) is 42.6 Å². The molecule has 1 N–H and O–H groups in total. The number of hydrogen-bond acceptors (Lipinski definition) is 6. The van der Waals surface area contributed by atoms with Crippen molar-refractivity contribution in [1.82, 2.24) is 0 Å². The first-order valence-corrected chi connectivity index (χ1v) is 7.89. The van der Waals surface area contributed by atoms with Gasteiger partial charge in [0, 0.05) is 24.9 Å². The SMILES string of the molecule is O=C(O)c1c(N2CC(CS(=O)(=O)F)CC2=O)cccc1[N+](=O)[O-]. The van der Waals surface area contributed by atoms with Crippen LogP contribution in [0.25, 0.3) is 0 Å². The number of nitro benzene ring substituents is 1. The molecule has 1 aliphatic rings. The number of carbonyl (C=O) groups is 2. The molecule has 1 unspecified atom stereocenters. The number of carboxylic acid groups (broad SMARTS) is 1. The highest BCUT2D eigenvalue weighted by Gasteiger charge is 2.37. The molecule has 1 heterocycles. The normalized spacial score (nSPS) is 18.2. The highest BCUT2D eigenvalue weighted by atomic mass is 32.3. The Bertz CT molecular complexity index is 793. The lowest BCUT2D eigenvalue weighted by Crippen LogP contribution is -2.27. The lowest BCUT2D eigenvalue weighted by atomic mass is 10.1. The summed E-state index contributed by atoms with van der Waals surface area (Å²) in [5.41, 5.74) is -1.57. The molecule has 11 heteroatoms. The van der Waals surface area contributed by atoms with Gasteiger partial charge < -0.3 is 10.0 Å². The number of hydrogen-bond donors (Lipinski definition) is 1. The van der Waals surface area contributed by atoms with Crippen LogP contribution in [0, 0.1) is 16.0 Å². The van der Waals surface area contributed by atoms with E-state index in [0.29, 0.717) is 0 Å². The lowest BCUT2D eigenvalue weighted by Gasteiger charge is -2.18. The number of rotatable bonds is 5. The predicted octanol–water partition coefficient (Wildman–Crippen LogP) is 0.945. The first kappa shape index (κ1) is 16.8. The Hall–Kier alpha value is -2.56. The summed E-state index contributed by atoms with van der Waals surface area (Å²) in [5.74, 6) is -3.94. The second-order valence-electron chi connectivity index (χ2n) is 5.01. The lowest BCUT2D eigenvalue weighted by molar-refractivity contribution is -0.385. The van der Waals surface area contributed by atoms with E-state index in [9.17, 15) is 37.1 Å². The molecular weight excluding hydrogens is 335 g/mol. The second kappa shape index (κ2) is 5.91. The van der Waals surface area contributed by atoms with Gasteiger partial charge in [0.25, 0.3) is 5.69 Å². The predicted molar refractivity (Wildman–Crippen MR) is 75.4 cm³/mol. The minimum Gasteiger partial charge on any atom is -0.477 e. The van der Waals surface area contributed by atoms with Crippen LogP contribution in [0.4, 0.5) is 15.3 Å². The van der Waals surface area contributed by atoms with Crippen LogP contribution in [0.3, 0.4) is 0 Å². The zero-order chi connectivity index (χ0) is 17.4. The van der Waals surface area contributed by atoms with Crippen molar-refractivity contribution >= 4 is 33.5 Å². The molecule has 0 spiro atoms. The summed E-state index contributed by atoms with van der Waals surface area (Å²) < 4.78 is 34.1. The smallest absolute Gasteiger partial charge is 0.344 e. The summed E-state index contributed by atoms with van der Waals surface area (Å²) in [5, 5.41) is 20.1. The fraction of sp³-hybridized carbons (Fsp3) is 0.333. The van der Waals surface area contributed by atoms with E-state index in [0.717, 1.165) is 11.0 Å². The van der Waals surface area contributed by atoms with Crippen LogP contribution in [0.1, 0.15) is 16.8 Å². The Balaban J connectivity index is 2.43. The molecule has 2 rings (SSSR count). The quantitative estimate of drug-likeness (QED) is 0.476. The van der Waals surface area contributed by atoms with Crippen molar-refractivity contribution in [2.45, 2.75) is 6.42 Å². The molecule has 1 saturated heterocycles. The number of halogens is 1. The number of nitrogens with zero attached hydrogens (tertiary/aromatic N) is 2. The van der Waals surface area contributed by atoms with Gasteiger partial charge in [0.1, 0.15) is 0 Å². The van der Waals surface area contributed by atoms with Gasteiger partial charge in [-0.1, -0.05) is 6.07 Å². The fourth-order valence-electron chi connectivity index (χ4n) is 2.53. The van der Waals surface area contributed by atoms with Crippen molar-refractivity contribution in [3.8, 4) is 0 Å². The Morgan fingerprint density at radius 3 is 2.65 bits per heavy atom. The first-order chi connectivity index (χ1) is 10.6. The largest absolute Gasteiger partial charge is 0.477 e. The van der Waals surface area contributed by atoms with Crippen molar-refractivity contribution < 1.29 is 31.9 Å². The monoisotopic (exact) mass is 346 g/mol. The van der Waals surface area contributed by atoms with Crippen LogP contribution in [0.15, 0.2) is 18.2 Å². The molecule has 23 heavy (non-hydrogen) atoms. The maximum absolute atomic E-state index is 12.7. The van der Waals surface area contributed by atoms with Gasteiger partial charge >= 0.3 is 16.2 Å². The average Bonchev–Trinajstić information content (AvgIpc) is 2.75. The molecule has 0 aliphatic carbocycles. The van der Waals surface area contributed by atoms with Crippen molar-refractivity contribution in [1.29, 1.82) is 0 Å². The Kier molecular flexibility index (Phi) is 4.32. The Morgan fingerprint density at radius 2 is 2.13 bits per heavy atom. The van der Waals surface area contributed by atoms with Gasteiger partial charge in [0.15, 0.2) is 5.56 Å². The maximum atomic E-state index is 12.7. The number of carboxylic acids is 1. The van der Waals surface area contributed by atoms with E-state index in [1.807, 2.05) is 0 Å². The van der Waals surface area contributed by atoms with Gasteiger partial charge in [0.05, 0.1) is 16.4 Å². The summed E-state index contributed by atoms with van der Waals surface area (Å²) in [6.07, 6.45) is -0.287. The summed E-state index contributed by atoms with van der Waals surface area (Å²) >= 11 is 0. The number of carbonyl (C=O) groups excluding carboxylic acids is 1. The van der Waals surface area contributed by atoms with Gasteiger partial charge in [-0.15, -0.1) is 3.89 Å². The van der Waals surface area contributed by atoms with Gasteiger partial charge in [-0.3, -0.25) is 14.9 Å². The third-order valence-electron chi connectivity index (χ3n) is 3.36.